The summed E-state index contributed by atoms with van der Waals surface area (Å²) in [6.45, 7) is 8.59. The maximum atomic E-state index is 12.1. The molecule has 1 amide bonds. The van der Waals surface area contributed by atoms with Crippen molar-refractivity contribution in [2.45, 2.75) is 77.5 Å². The molecule has 0 heterocycles. The third-order valence-electron chi connectivity index (χ3n) is 5.08. The molecule has 0 atom stereocenters. The molecule has 0 radical (unpaired) electrons. The number of thioether (sulfide) groups is 1. The minimum absolute atomic E-state index is 0.0417. The molecule has 1 aromatic carbocycles. The van der Waals surface area contributed by atoms with E-state index in [2.05, 4.69) is 43.1 Å². The largest absolute Gasteiger partial charge is 0.350 e. The molecule has 0 bridgehead atoms. The van der Waals surface area contributed by atoms with E-state index in [1.165, 1.54) is 43.4 Å². The van der Waals surface area contributed by atoms with E-state index >= 15 is 0 Å². The Labute approximate surface area is 158 Å². The molecular weight excluding hydrogens is 326 g/mol. The van der Waals surface area contributed by atoms with Crippen molar-refractivity contribution >= 4 is 17.7 Å². The molecule has 0 aliphatic heterocycles. The van der Waals surface area contributed by atoms with E-state index in [1.54, 1.807) is 0 Å². The zero-order valence-electron chi connectivity index (χ0n) is 16.4. The average Bonchev–Trinajstić information content (AvgIpc) is 2.58. The van der Waals surface area contributed by atoms with Crippen LogP contribution in [0.2, 0.25) is 0 Å². The summed E-state index contributed by atoms with van der Waals surface area (Å²) in [7, 11) is 0. The number of benzene rings is 1. The van der Waals surface area contributed by atoms with E-state index in [4.69, 9.17) is 0 Å². The Bertz CT molecular complexity index is 533. The first-order valence-corrected chi connectivity index (χ1v) is 11.0. The first kappa shape index (κ1) is 20.4. The molecule has 0 spiro atoms. The van der Waals surface area contributed by atoms with Gasteiger partial charge in [0.15, 0.2) is 0 Å². The van der Waals surface area contributed by atoms with E-state index in [0.29, 0.717) is 0 Å². The molecule has 25 heavy (non-hydrogen) atoms. The lowest BCUT2D eigenvalue weighted by Crippen LogP contribution is -2.30. The lowest BCUT2D eigenvalue weighted by molar-refractivity contribution is 0.0943. The van der Waals surface area contributed by atoms with Crippen molar-refractivity contribution in [2.24, 2.45) is 11.8 Å². The van der Waals surface area contributed by atoms with Gasteiger partial charge in [-0.05, 0) is 80.1 Å². The van der Waals surface area contributed by atoms with Crippen LogP contribution in [0, 0.1) is 11.8 Å². The van der Waals surface area contributed by atoms with E-state index in [0.717, 1.165) is 29.1 Å². The van der Waals surface area contributed by atoms with Crippen molar-refractivity contribution in [1.82, 2.24) is 5.32 Å². The molecule has 1 saturated carbocycles. The van der Waals surface area contributed by atoms with Crippen molar-refractivity contribution in [3.8, 4) is 0 Å². The molecule has 140 valence electrons. The second-order valence-electron chi connectivity index (χ2n) is 8.14. The highest BCUT2D eigenvalue weighted by Gasteiger charge is 2.21. The molecule has 0 aromatic heterocycles. The number of rotatable bonds is 8. The lowest BCUT2D eigenvalue weighted by atomic mass is 9.80. The fourth-order valence-corrected chi connectivity index (χ4v) is 4.59. The van der Waals surface area contributed by atoms with E-state index in [9.17, 15) is 4.79 Å². The Morgan fingerprint density at radius 1 is 1.12 bits per heavy atom. The summed E-state index contributed by atoms with van der Waals surface area (Å²) in [5, 5.41) is 3.74. The summed E-state index contributed by atoms with van der Waals surface area (Å²) in [4.78, 5) is 12.1. The quantitative estimate of drug-likeness (QED) is 0.643. The van der Waals surface area contributed by atoms with Gasteiger partial charge in [-0.25, -0.2) is 0 Å². The number of nitrogens with one attached hydrogen (secondary N) is 1. The van der Waals surface area contributed by atoms with Crippen LogP contribution >= 0.6 is 11.8 Å². The Kier molecular flexibility index (Phi) is 8.35. The number of aryl methyl sites for hydroxylation is 1. The van der Waals surface area contributed by atoms with Crippen molar-refractivity contribution < 1.29 is 4.79 Å². The third kappa shape index (κ3) is 7.43. The highest BCUT2D eigenvalue weighted by molar-refractivity contribution is 7.99. The number of hydrogen-bond acceptors (Lipinski definition) is 2. The first-order chi connectivity index (χ1) is 11.9. The molecule has 3 heteroatoms. The Morgan fingerprint density at radius 2 is 1.80 bits per heavy atom. The SMILES string of the molecule is CC(C)NC(=O)c1cccc(CCC2CCC(CSC(C)C)CC2)c1. The molecule has 2 rings (SSSR count). The van der Waals surface area contributed by atoms with Crippen molar-refractivity contribution in [1.29, 1.82) is 0 Å². The van der Waals surface area contributed by atoms with E-state index in [1.807, 2.05) is 26.0 Å². The minimum atomic E-state index is 0.0417. The van der Waals surface area contributed by atoms with Crippen LogP contribution < -0.4 is 5.32 Å². The van der Waals surface area contributed by atoms with Crippen LogP contribution in [-0.2, 0) is 6.42 Å². The first-order valence-electron chi connectivity index (χ1n) is 9.95. The summed E-state index contributed by atoms with van der Waals surface area (Å²) >= 11 is 2.12. The number of hydrogen-bond donors (Lipinski definition) is 1. The Balaban J connectivity index is 1.76. The smallest absolute Gasteiger partial charge is 0.251 e. The molecule has 1 aromatic rings. The highest BCUT2D eigenvalue weighted by atomic mass is 32.2. The summed E-state index contributed by atoms with van der Waals surface area (Å²) in [5.74, 6) is 3.19. The summed E-state index contributed by atoms with van der Waals surface area (Å²) in [6.07, 6.45) is 7.94. The average molecular weight is 362 g/mol. The van der Waals surface area contributed by atoms with Gasteiger partial charge in [0.25, 0.3) is 5.91 Å². The van der Waals surface area contributed by atoms with Crippen molar-refractivity contribution in [3.63, 3.8) is 0 Å². The molecule has 1 N–H and O–H groups in total. The van der Waals surface area contributed by atoms with Crippen molar-refractivity contribution in [3.05, 3.63) is 35.4 Å². The number of carbonyl (C=O) groups is 1. The molecule has 0 saturated heterocycles. The third-order valence-corrected chi connectivity index (χ3v) is 6.41. The van der Waals surface area contributed by atoms with Crippen LogP contribution in [0.15, 0.2) is 24.3 Å². The van der Waals surface area contributed by atoms with Gasteiger partial charge in [0.2, 0.25) is 0 Å². The van der Waals surface area contributed by atoms with Gasteiger partial charge in [0, 0.05) is 11.6 Å². The van der Waals surface area contributed by atoms with Gasteiger partial charge in [-0.2, -0.15) is 11.8 Å². The van der Waals surface area contributed by atoms with Gasteiger partial charge in [0.05, 0.1) is 0 Å². The predicted octanol–water partition coefficient (Wildman–Crippen LogP) is 5.71. The van der Waals surface area contributed by atoms with Crippen LogP contribution in [0.4, 0.5) is 0 Å². The van der Waals surface area contributed by atoms with E-state index < -0.39 is 0 Å². The summed E-state index contributed by atoms with van der Waals surface area (Å²) in [6, 6.07) is 8.35. The number of amides is 1. The zero-order valence-corrected chi connectivity index (χ0v) is 17.2. The maximum Gasteiger partial charge on any atom is 0.251 e. The Morgan fingerprint density at radius 3 is 2.44 bits per heavy atom. The predicted molar refractivity (Wildman–Crippen MR) is 110 cm³/mol. The molecule has 1 fully saturated rings. The second-order valence-corrected chi connectivity index (χ2v) is 9.75. The van der Waals surface area contributed by atoms with Gasteiger partial charge < -0.3 is 5.32 Å². The molecule has 1 aliphatic rings. The molecule has 2 nitrogen and oxygen atoms in total. The highest BCUT2D eigenvalue weighted by Crippen LogP contribution is 2.34. The lowest BCUT2D eigenvalue weighted by Gasteiger charge is -2.28. The fourth-order valence-electron chi connectivity index (χ4n) is 3.60. The van der Waals surface area contributed by atoms with Gasteiger partial charge in [-0.15, -0.1) is 0 Å². The maximum absolute atomic E-state index is 12.1. The zero-order chi connectivity index (χ0) is 18.2. The van der Waals surface area contributed by atoms with Gasteiger partial charge in [0.1, 0.15) is 0 Å². The Hall–Kier alpha value is -0.960. The topological polar surface area (TPSA) is 29.1 Å². The normalized spacial score (nSPS) is 20.9. The molecule has 0 unspecified atom stereocenters. The van der Waals surface area contributed by atoms with Gasteiger partial charge in [-0.3, -0.25) is 4.79 Å². The van der Waals surface area contributed by atoms with Crippen LogP contribution in [0.5, 0.6) is 0 Å². The monoisotopic (exact) mass is 361 g/mol. The fraction of sp³-hybridized carbons (Fsp3) is 0.682. The number of carbonyl (C=O) groups excluding carboxylic acids is 1. The van der Waals surface area contributed by atoms with Gasteiger partial charge >= 0.3 is 0 Å². The van der Waals surface area contributed by atoms with Crippen LogP contribution in [-0.4, -0.2) is 23.0 Å². The standard InChI is InChI=1S/C22H35NOS/c1-16(2)23-22(24)21-7-5-6-19(14-21)11-8-18-9-12-20(13-10-18)15-25-17(3)4/h5-7,14,16-18,20H,8-13,15H2,1-4H3,(H,23,24). The van der Waals surface area contributed by atoms with E-state index in [-0.39, 0.29) is 11.9 Å². The minimum Gasteiger partial charge on any atom is -0.350 e. The summed E-state index contributed by atoms with van der Waals surface area (Å²) in [5.41, 5.74) is 2.09. The van der Waals surface area contributed by atoms with Gasteiger partial charge in [-0.1, -0.05) is 38.8 Å². The molecular formula is C22H35NOS. The van der Waals surface area contributed by atoms with Crippen molar-refractivity contribution in [2.75, 3.05) is 5.75 Å². The van der Waals surface area contributed by atoms with Crippen LogP contribution in [0.3, 0.4) is 0 Å². The van der Waals surface area contributed by atoms with Crippen LogP contribution in [0.25, 0.3) is 0 Å². The second kappa shape index (κ2) is 10.3. The van der Waals surface area contributed by atoms with Crippen LogP contribution in [0.1, 0.15) is 75.7 Å². The molecule has 1 aliphatic carbocycles. The summed E-state index contributed by atoms with van der Waals surface area (Å²) < 4.78 is 0.